The van der Waals surface area contributed by atoms with E-state index in [1.165, 1.54) is 24.0 Å². The second kappa shape index (κ2) is 7.59. The minimum Gasteiger partial charge on any atom is -0.399 e. The van der Waals surface area contributed by atoms with Crippen molar-refractivity contribution in [3.05, 3.63) is 71.5 Å². The number of nitrogens with one attached hydrogen (secondary N) is 1. The molecule has 1 heterocycles. The molecule has 0 atom stereocenters. The van der Waals surface area contributed by atoms with Crippen LogP contribution in [0, 0.1) is 0 Å². The first-order valence-corrected chi connectivity index (χ1v) is 6.92. The van der Waals surface area contributed by atoms with Crippen LogP contribution in [-0.4, -0.2) is 6.54 Å². The van der Waals surface area contributed by atoms with E-state index < -0.39 is 0 Å². The third kappa shape index (κ3) is 4.76. The van der Waals surface area contributed by atoms with Crippen LogP contribution in [0.1, 0.15) is 24.0 Å². The Hall–Kier alpha value is -1.80. The molecule has 2 heteroatoms. The second-order valence-electron chi connectivity index (χ2n) is 4.78. The van der Waals surface area contributed by atoms with Gasteiger partial charge in [0.1, 0.15) is 0 Å². The van der Waals surface area contributed by atoms with E-state index in [1.54, 1.807) is 0 Å². The van der Waals surface area contributed by atoms with Crippen molar-refractivity contribution in [1.29, 1.82) is 0 Å². The lowest BCUT2D eigenvalue weighted by Crippen LogP contribution is -2.11. The Morgan fingerprint density at radius 1 is 1.05 bits per heavy atom. The Bertz CT molecular complexity index is 456. The van der Waals surface area contributed by atoms with Gasteiger partial charge in [-0.2, -0.15) is 0 Å². The normalized spacial score (nSPS) is 17.4. The van der Waals surface area contributed by atoms with Crippen molar-refractivity contribution in [3.8, 4) is 0 Å². The third-order valence-corrected chi connectivity index (χ3v) is 3.26. The SMILES string of the molecule is NC1=CCC=CC=C1.c1ccc2c(c1)CCCNC2. The van der Waals surface area contributed by atoms with Gasteiger partial charge in [-0.25, -0.2) is 0 Å². The summed E-state index contributed by atoms with van der Waals surface area (Å²) in [5.74, 6) is 0. The molecule has 0 amide bonds. The van der Waals surface area contributed by atoms with Gasteiger partial charge >= 0.3 is 0 Å². The van der Waals surface area contributed by atoms with Gasteiger partial charge in [0.15, 0.2) is 0 Å². The Balaban J connectivity index is 0.000000148. The highest BCUT2D eigenvalue weighted by Gasteiger charge is 2.04. The molecular weight excluding hydrogens is 232 g/mol. The molecule has 19 heavy (non-hydrogen) atoms. The van der Waals surface area contributed by atoms with Gasteiger partial charge in [0, 0.05) is 12.2 Å². The minimum atomic E-state index is 0.856. The van der Waals surface area contributed by atoms with Gasteiger partial charge in [0.05, 0.1) is 0 Å². The maximum atomic E-state index is 5.47. The predicted octanol–water partition coefficient (Wildman–Crippen LogP) is 3.07. The molecule has 0 saturated carbocycles. The van der Waals surface area contributed by atoms with Crippen LogP contribution >= 0.6 is 0 Å². The van der Waals surface area contributed by atoms with Crippen LogP contribution in [0.2, 0.25) is 0 Å². The Kier molecular flexibility index (Phi) is 5.45. The summed E-state index contributed by atoms with van der Waals surface area (Å²) in [6.07, 6.45) is 13.4. The highest BCUT2D eigenvalue weighted by Crippen LogP contribution is 2.12. The van der Waals surface area contributed by atoms with Gasteiger partial charge in [-0.1, -0.05) is 48.6 Å². The zero-order valence-electron chi connectivity index (χ0n) is 11.3. The van der Waals surface area contributed by atoms with E-state index in [4.69, 9.17) is 5.73 Å². The Labute approximate surface area is 115 Å². The van der Waals surface area contributed by atoms with Crippen molar-refractivity contribution in [1.82, 2.24) is 5.32 Å². The van der Waals surface area contributed by atoms with E-state index in [0.717, 1.165) is 25.2 Å². The van der Waals surface area contributed by atoms with Crippen molar-refractivity contribution in [3.63, 3.8) is 0 Å². The molecule has 1 aromatic carbocycles. The molecule has 1 aliphatic carbocycles. The van der Waals surface area contributed by atoms with Gasteiger partial charge < -0.3 is 11.1 Å². The highest BCUT2D eigenvalue weighted by atomic mass is 14.8. The molecule has 3 N–H and O–H groups in total. The molecule has 100 valence electrons. The molecule has 0 bridgehead atoms. The summed E-state index contributed by atoms with van der Waals surface area (Å²) in [5.41, 5.74) is 9.33. The fourth-order valence-electron chi connectivity index (χ4n) is 2.20. The first-order chi connectivity index (χ1) is 9.36. The number of hydrogen-bond donors (Lipinski definition) is 2. The van der Waals surface area contributed by atoms with Gasteiger partial charge in [-0.05, 0) is 43.0 Å². The number of fused-ring (bicyclic) bond motifs is 1. The van der Waals surface area contributed by atoms with E-state index >= 15 is 0 Å². The molecule has 0 aromatic heterocycles. The summed E-state index contributed by atoms with van der Waals surface area (Å²) >= 11 is 0. The van der Waals surface area contributed by atoms with Gasteiger partial charge in [0.2, 0.25) is 0 Å². The van der Waals surface area contributed by atoms with Crippen LogP contribution in [0.4, 0.5) is 0 Å². The summed E-state index contributed by atoms with van der Waals surface area (Å²) in [4.78, 5) is 0. The number of hydrogen-bond acceptors (Lipinski definition) is 2. The van der Waals surface area contributed by atoms with Crippen LogP contribution in [0.5, 0.6) is 0 Å². The maximum Gasteiger partial charge on any atom is 0.0276 e. The van der Waals surface area contributed by atoms with Crippen molar-refractivity contribution >= 4 is 0 Å². The molecule has 0 spiro atoms. The molecule has 3 rings (SSSR count). The average Bonchev–Trinajstić information content (AvgIpc) is 2.81. The summed E-state index contributed by atoms with van der Waals surface area (Å²) in [6, 6.07) is 8.70. The smallest absolute Gasteiger partial charge is 0.0276 e. The lowest BCUT2D eigenvalue weighted by molar-refractivity contribution is 0.681. The van der Waals surface area contributed by atoms with Crippen LogP contribution < -0.4 is 11.1 Å². The van der Waals surface area contributed by atoms with Crippen LogP contribution in [0.25, 0.3) is 0 Å². The number of allylic oxidation sites excluding steroid dienone is 5. The molecule has 0 fully saturated rings. The van der Waals surface area contributed by atoms with Crippen molar-refractivity contribution in [2.75, 3.05) is 6.54 Å². The fraction of sp³-hybridized carbons (Fsp3) is 0.294. The molecule has 0 saturated heterocycles. The fourth-order valence-corrected chi connectivity index (χ4v) is 2.20. The highest BCUT2D eigenvalue weighted by molar-refractivity contribution is 5.27. The van der Waals surface area contributed by atoms with Crippen molar-refractivity contribution < 1.29 is 0 Å². The zero-order chi connectivity index (χ0) is 13.3. The van der Waals surface area contributed by atoms with E-state index in [2.05, 4.69) is 35.7 Å². The van der Waals surface area contributed by atoms with E-state index in [9.17, 15) is 0 Å². The molecule has 2 nitrogen and oxygen atoms in total. The number of nitrogens with two attached hydrogens (primary N) is 1. The molecule has 1 aliphatic heterocycles. The number of rotatable bonds is 0. The van der Waals surface area contributed by atoms with Gasteiger partial charge in [-0.3, -0.25) is 0 Å². The summed E-state index contributed by atoms with van der Waals surface area (Å²) in [7, 11) is 0. The van der Waals surface area contributed by atoms with E-state index in [-0.39, 0.29) is 0 Å². The largest absolute Gasteiger partial charge is 0.399 e. The molecular formula is C17H22N2. The van der Waals surface area contributed by atoms with Crippen LogP contribution in [0.15, 0.2) is 60.3 Å². The van der Waals surface area contributed by atoms with Crippen LogP contribution in [0.3, 0.4) is 0 Å². The summed E-state index contributed by atoms with van der Waals surface area (Å²) in [6.45, 7) is 2.21. The lowest BCUT2D eigenvalue weighted by atomic mass is 10.0. The summed E-state index contributed by atoms with van der Waals surface area (Å²) in [5, 5.41) is 3.40. The predicted molar refractivity (Wildman–Crippen MR) is 81.6 cm³/mol. The molecule has 0 radical (unpaired) electrons. The number of aryl methyl sites for hydroxylation is 1. The monoisotopic (exact) mass is 254 g/mol. The first kappa shape index (κ1) is 13.6. The summed E-state index contributed by atoms with van der Waals surface area (Å²) < 4.78 is 0. The van der Waals surface area contributed by atoms with Crippen molar-refractivity contribution in [2.45, 2.75) is 25.8 Å². The number of benzene rings is 1. The lowest BCUT2D eigenvalue weighted by Gasteiger charge is -2.02. The quantitative estimate of drug-likeness (QED) is 0.746. The standard InChI is InChI=1S/C10H13N.C7H9N/c1-2-5-10-8-11-7-3-6-9(10)4-1;8-7-5-3-1-2-4-6-7/h1-2,4-5,11H,3,6-8H2;1-3,5-6H,4,8H2. The van der Waals surface area contributed by atoms with Crippen LogP contribution in [-0.2, 0) is 13.0 Å². The second-order valence-corrected chi connectivity index (χ2v) is 4.78. The van der Waals surface area contributed by atoms with Gasteiger partial charge in [-0.15, -0.1) is 0 Å². The third-order valence-electron chi connectivity index (χ3n) is 3.26. The van der Waals surface area contributed by atoms with E-state index in [0.29, 0.717) is 0 Å². The molecule has 0 unspecified atom stereocenters. The molecule has 1 aromatic rings. The maximum absolute atomic E-state index is 5.47. The molecule has 2 aliphatic rings. The Morgan fingerprint density at radius 3 is 2.79 bits per heavy atom. The first-order valence-electron chi connectivity index (χ1n) is 6.92. The van der Waals surface area contributed by atoms with Crippen molar-refractivity contribution in [2.24, 2.45) is 5.73 Å². The average molecular weight is 254 g/mol. The Morgan fingerprint density at radius 2 is 1.89 bits per heavy atom. The minimum absolute atomic E-state index is 0.856. The zero-order valence-corrected chi connectivity index (χ0v) is 11.3. The topological polar surface area (TPSA) is 38.0 Å². The van der Waals surface area contributed by atoms with Gasteiger partial charge in [0.25, 0.3) is 0 Å². The van der Waals surface area contributed by atoms with E-state index in [1.807, 2.05) is 24.3 Å².